The van der Waals surface area contributed by atoms with Gasteiger partial charge in [0.2, 0.25) is 0 Å². The molecule has 2 heterocycles. The molecular weight excluding hydrogens is 320 g/mol. The lowest BCUT2D eigenvalue weighted by Crippen LogP contribution is -2.48. The second-order valence-electron chi connectivity index (χ2n) is 6.13. The Bertz CT molecular complexity index is 650. The zero-order valence-corrected chi connectivity index (χ0v) is 14.9. The molecule has 1 N–H and O–H groups in total. The summed E-state index contributed by atoms with van der Waals surface area (Å²) in [6.07, 6.45) is 0. The lowest BCUT2D eigenvalue weighted by Gasteiger charge is -2.34. The standard InChI is InChI=1S/C18H24N4OS/c1-15-17(24-14-20-15)18(23)19-7-8-21-9-11-22(12-10-21)13-16-5-3-2-4-6-16/h2-6,14H,7-13H2,1H3,(H,19,23). The normalized spacial score (nSPS) is 16.2. The molecule has 2 aromatic rings. The molecule has 3 rings (SSSR count). The van der Waals surface area contributed by atoms with E-state index in [1.807, 2.05) is 6.92 Å². The van der Waals surface area contributed by atoms with Gasteiger partial charge in [0.05, 0.1) is 11.2 Å². The van der Waals surface area contributed by atoms with E-state index in [0.717, 1.165) is 49.8 Å². The van der Waals surface area contributed by atoms with Crippen molar-refractivity contribution in [2.24, 2.45) is 0 Å². The molecule has 1 aliphatic rings. The Labute approximate surface area is 147 Å². The number of aromatic nitrogens is 1. The van der Waals surface area contributed by atoms with Gasteiger partial charge in [-0.3, -0.25) is 14.6 Å². The first-order valence-electron chi connectivity index (χ1n) is 8.39. The molecule has 0 atom stereocenters. The van der Waals surface area contributed by atoms with E-state index in [1.165, 1.54) is 16.9 Å². The Hall–Kier alpha value is -1.76. The number of piperazine rings is 1. The number of thiazole rings is 1. The zero-order chi connectivity index (χ0) is 16.8. The summed E-state index contributed by atoms with van der Waals surface area (Å²) in [5.74, 6) is -0.00212. The second-order valence-corrected chi connectivity index (χ2v) is 6.98. The van der Waals surface area contributed by atoms with Gasteiger partial charge in [-0.2, -0.15) is 0 Å². The van der Waals surface area contributed by atoms with E-state index < -0.39 is 0 Å². The molecule has 0 radical (unpaired) electrons. The predicted octanol–water partition coefficient (Wildman–Crippen LogP) is 2.00. The highest BCUT2D eigenvalue weighted by molar-refractivity contribution is 7.11. The van der Waals surface area contributed by atoms with Crippen molar-refractivity contribution in [3.63, 3.8) is 0 Å². The summed E-state index contributed by atoms with van der Waals surface area (Å²) in [5, 5.41) is 3.00. The van der Waals surface area contributed by atoms with Crippen molar-refractivity contribution in [2.45, 2.75) is 13.5 Å². The van der Waals surface area contributed by atoms with Gasteiger partial charge in [-0.15, -0.1) is 11.3 Å². The Balaban J connectivity index is 1.35. The van der Waals surface area contributed by atoms with E-state index in [4.69, 9.17) is 0 Å². The van der Waals surface area contributed by atoms with Crippen LogP contribution in [0, 0.1) is 6.92 Å². The fraction of sp³-hybridized carbons (Fsp3) is 0.444. The van der Waals surface area contributed by atoms with Gasteiger partial charge in [0, 0.05) is 45.8 Å². The van der Waals surface area contributed by atoms with Crippen LogP contribution >= 0.6 is 11.3 Å². The van der Waals surface area contributed by atoms with Crippen molar-refractivity contribution in [1.82, 2.24) is 20.1 Å². The molecular formula is C18H24N4OS. The molecule has 24 heavy (non-hydrogen) atoms. The van der Waals surface area contributed by atoms with E-state index in [-0.39, 0.29) is 5.91 Å². The van der Waals surface area contributed by atoms with Crippen molar-refractivity contribution in [3.8, 4) is 0 Å². The maximum atomic E-state index is 12.1. The van der Waals surface area contributed by atoms with Gasteiger partial charge in [-0.1, -0.05) is 30.3 Å². The van der Waals surface area contributed by atoms with Gasteiger partial charge in [0.15, 0.2) is 0 Å². The third-order valence-corrected chi connectivity index (χ3v) is 5.31. The van der Waals surface area contributed by atoms with Gasteiger partial charge in [0.1, 0.15) is 4.88 Å². The van der Waals surface area contributed by atoms with Crippen molar-refractivity contribution in [3.05, 3.63) is 52.0 Å². The van der Waals surface area contributed by atoms with Crippen molar-refractivity contribution in [1.29, 1.82) is 0 Å². The number of hydrogen-bond acceptors (Lipinski definition) is 5. The largest absolute Gasteiger partial charge is 0.350 e. The van der Waals surface area contributed by atoms with Crippen LogP contribution in [0.2, 0.25) is 0 Å². The van der Waals surface area contributed by atoms with E-state index in [9.17, 15) is 4.79 Å². The predicted molar refractivity (Wildman–Crippen MR) is 97.3 cm³/mol. The summed E-state index contributed by atoms with van der Waals surface area (Å²) in [7, 11) is 0. The molecule has 0 spiro atoms. The lowest BCUT2D eigenvalue weighted by atomic mass is 10.2. The second kappa shape index (κ2) is 8.37. The van der Waals surface area contributed by atoms with Gasteiger partial charge >= 0.3 is 0 Å². The number of carbonyl (C=O) groups excluding carboxylic acids is 1. The molecule has 0 saturated carbocycles. The summed E-state index contributed by atoms with van der Waals surface area (Å²) < 4.78 is 0. The monoisotopic (exact) mass is 344 g/mol. The van der Waals surface area contributed by atoms with Gasteiger partial charge in [-0.05, 0) is 12.5 Å². The third kappa shape index (κ3) is 4.63. The number of benzene rings is 1. The highest BCUT2D eigenvalue weighted by Crippen LogP contribution is 2.11. The number of rotatable bonds is 6. The lowest BCUT2D eigenvalue weighted by molar-refractivity contribution is 0.0937. The van der Waals surface area contributed by atoms with Crippen molar-refractivity contribution < 1.29 is 4.79 Å². The van der Waals surface area contributed by atoms with E-state index in [1.54, 1.807) is 5.51 Å². The van der Waals surface area contributed by atoms with Crippen molar-refractivity contribution in [2.75, 3.05) is 39.3 Å². The van der Waals surface area contributed by atoms with E-state index >= 15 is 0 Å². The number of carbonyl (C=O) groups is 1. The smallest absolute Gasteiger partial charge is 0.263 e. The average molecular weight is 344 g/mol. The number of amides is 1. The van der Waals surface area contributed by atoms with Crippen LogP contribution in [0.25, 0.3) is 0 Å². The highest BCUT2D eigenvalue weighted by Gasteiger charge is 2.17. The van der Waals surface area contributed by atoms with E-state index in [2.05, 4.69) is 50.4 Å². The molecule has 1 aliphatic heterocycles. The van der Waals surface area contributed by atoms with Crippen LogP contribution in [0.15, 0.2) is 35.8 Å². The summed E-state index contributed by atoms with van der Waals surface area (Å²) >= 11 is 1.40. The van der Waals surface area contributed by atoms with Crippen LogP contribution in [-0.2, 0) is 6.54 Å². The minimum absolute atomic E-state index is 0.00212. The number of aryl methyl sites for hydroxylation is 1. The first-order chi connectivity index (χ1) is 11.7. The molecule has 1 aromatic heterocycles. The fourth-order valence-electron chi connectivity index (χ4n) is 2.94. The molecule has 1 saturated heterocycles. The van der Waals surface area contributed by atoms with Gasteiger partial charge in [0.25, 0.3) is 5.91 Å². The molecule has 128 valence electrons. The van der Waals surface area contributed by atoms with Gasteiger partial charge < -0.3 is 5.32 Å². The Morgan fingerprint density at radius 2 is 1.88 bits per heavy atom. The number of hydrogen-bond donors (Lipinski definition) is 1. The van der Waals surface area contributed by atoms with E-state index in [0.29, 0.717) is 6.54 Å². The number of nitrogens with one attached hydrogen (secondary N) is 1. The molecule has 1 aromatic carbocycles. The van der Waals surface area contributed by atoms with Gasteiger partial charge in [-0.25, -0.2) is 4.98 Å². The molecule has 1 amide bonds. The fourth-order valence-corrected chi connectivity index (χ4v) is 3.66. The molecule has 6 heteroatoms. The van der Waals surface area contributed by atoms with Crippen LogP contribution in [0.5, 0.6) is 0 Å². The molecule has 5 nitrogen and oxygen atoms in total. The third-order valence-electron chi connectivity index (χ3n) is 4.38. The summed E-state index contributed by atoms with van der Waals surface area (Å²) in [4.78, 5) is 21.8. The SMILES string of the molecule is Cc1ncsc1C(=O)NCCN1CCN(Cc2ccccc2)CC1. The number of nitrogens with zero attached hydrogens (tertiary/aromatic N) is 3. The van der Waals surface area contributed by atoms with Crippen molar-refractivity contribution >= 4 is 17.2 Å². The maximum absolute atomic E-state index is 12.1. The Morgan fingerprint density at radius 1 is 1.17 bits per heavy atom. The minimum Gasteiger partial charge on any atom is -0.350 e. The summed E-state index contributed by atoms with van der Waals surface area (Å²) in [5.41, 5.74) is 3.90. The Morgan fingerprint density at radius 3 is 2.54 bits per heavy atom. The van der Waals surface area contributed by atoms with Crippen LogP contribution in [0.1, 0.15) is 20.9 Å². The summed E-state index contributed by atoms with van der Waals surface area (Å²) in [6.45, 7) is 8.77. The zero-order valence-electron chi connectivity index (χ0n) is 14.1. The van der Waals surface area contributed by atoms with Crippen LogP contribution in [0.4, 0.5) is 0 Å². The summed E-state index contributed by atoms with van der Waals surface area (Å²) in [6, 6.07) is 10.6. The Kier molecular flexibility index (Phi) is 5.96. The topological polar surface area (TPSA) is 48.5 Å². The molecule has 0 aliphatic carbocycles. The van der Waals surface area contributed by atoms with Crippen LogP contribution < -0.4 is 5.32 Å². The minimum atomic E-state index is -0.00212. The molecule has 0 unspecified atom stereocenters. The molecule has 1 fully saturated rings. The average Bonchev–Trinajstić information content (AvgIpc) is 3.03. The highest BCUT2D eigenvalue weighted by atomic mass is 32.1. The first kappa shape index (κ1) is 17.1. The molecule has 0 bridgehead atoms. The first-order valence-corrected chi connectivity index (χ1v) is 9.27. The maximum Gasteiger partial charge on any atom is 0.263 e. The van der Waals surface area contributed by atoms with Crippen LogP contribution in [0.3, 0.4) is 0 Å². The van der Waals surface area contributed by atoms with Crippen LogP contribution in [-0.4, -0.2) is 60.0 Å². The quantitative estimate of drug-likeness (QED) is 0.871.